The van der Waals surface area contributed by atoms with E-state index in [9.17, 15) is 4.79 Å². The fraction of sp³-hybridized carbons (Fsp3) is 0.562. The first-order valence-corrected chi connectivity index (χ1v) is 7.41. The number of para-hydroxylation sites is 1. The van der Waals surface area contributed by atoms with E-state index in [4.69, 9.17) is 10.5 Å². The maximum atomic E-state index is 12.3. The highest BCUT2D eigenvalue weighted by molar-refractivity contribution is 5.85. The van der Waals surface area contributed by atoms with Gasteiger partial charge < -0.3 is 15.8 Å². The fourth-order valence-electron chi connectivity index (χ4n) is 2.46. The molecule has 3 N–H and O–H groups in total. The third-order valence-corrected chi connectivity index (χ3v) is 4.07. The molecule has 3 unspecified atom stereocenters. The molecule has 5 heteroatoms. The van der Waals surface area contributed by atoms with Gasteiger partial charge in [0, 0.05) is 5.56 Å². The number of amides is 1. The van der Waals surface area contributed by atoms with Gasteiger partial charge in [-0.1, -0.05) is 38.5 Å². The number of ether oxygens (including phenoxy) is 1. The van der Waals surface area contributed by atoms with Crippen molar-refractivity contribution in [3.63, 3.8) is 0 Å². The predicted octanol–water partition coefficient (Wildman–Crippen LogP) is 2.81. The number of carbonyl (C=O) groups excluding carboxylic acids is 1. The second-order valence-corrected chi connectivity index (χ2v) is 5.50. The Balaban J connectivity index is 0.00000220. The van der Waals surface area contributed by atoms with Gasteiger partial charge in [-0.15, -0.1) is 12.4 Å². The zero-order valence-electron chi connectivity index (χ0n) is 12.7. The fourth-order valence-corrected chi connectivity index (χ4v) is 2.46. The number of nitrogens with one attached hydrogen (secondary N) is 1. The molecule has 1 amide bonds. The number of halogens is 1. The van der Waals surface area contributed by atoms with Crippen LogP contribution in [0.15, 0.2) is 24.3 Å². The normalized spacial score (nSPS) is 20.0. The molecule has 3 atom stereocenters. The van der Waals surface area contributed by atoms with Crippen LogP contribution in [-0.4, -0.2) is 18.6 Å². The number of carbonyl (C=O) groups is 1. The number of hydrogen-bond acceptors (Lipinski definition) is 3. The van der Waals surface area contributed by atoms with E-state index < -0.39 is 6.04 Å². The van der Waals surface area contributed by atoms with Gasteiger partial charge in [0.15, 0.2) is 0 Å². The summed E-state index contributed by atoms with van der Waals surface area (Å²) in [6, 6.07) is 7.44. The summed E-state index contributed by atoms with van der Waals surface area (Å²) >= 11 is 0. The van der Waals surface area contributed by atoms with Crippen molar-refractivity contribution in [2.24, 2.45) is 11.7 Å². The van der Waals surface area contributed by atoms with E-state index in [2.05, 4.69) is 5.32 Å². The minimum atomic E-state index is -0.448. The Morgan fingerprint density at radius 3 is 2.90 bits per heavy atom. The predicted molar refractivity (Wildman–Crippen MR) is 86.7 cm³/mol. The molecular formula is C16H25ClN2O2. The number of benzene rings is 1. The lowest BCUT2D eigenvalue weighted by atomic mass is 9.97. The summed E-state index contributed by atoms with van der Waals surface area (Å²) in [6.07, 6.45) is 2.72. The zero-order valence-corrected chi connectivity index (χ0v) is 13.5. The van der Waals surface area contributed by atoms with Crippen LogP contribution in [0.4, 0.5) is 0 Å². The Bertz CT molecular complexity index is 467. The van der Waals surface area contributed by atoms with E-state index in [1.54, 1.807) is 0 Å². The summed E-state index contributed by atoms with van der Waals surface area (Å²) in [4.78, 5) is 12.3. The molecule has 1 aliphatic heterocycles. The van der Waals surface area contributed by atoms with E-state index in [-0.39, 0.29) is 30.3 Å². The molecule has 0 fully saturated rings. The molecule has 0 aromatic heterocycles. The van der Waals surface area contributed by atoms with Gasteiger partial charge in [-0.3, -0.25) is 4.79 Å². The maximum absolute atomic E-state index is 12.3. The molecule has 0 saturated heterocycles. The summed E-state index contributed by atoms with van der Waals surface area (Å²) in [6.45, 7) is 4.75. The number of hydrogen-bond donors (Lipinski definition) is 2. The summed E-state index contributed by atoms with van der Waals surface area (Å²) in [5.41, 5.74) is 7.05. The molecule has 1 aromatic carbocycles. The zero-order chi connectivity index (χ0) is 14.5. The molecular weight excluding hydrogens is 288 g/mol. The average Bonchev–Trinajstić information content (AvgIpc) is 2.68. The maximum Gasteiger partial charge on any atom is 0.237 e. The molecule has 0 radical (unpaired) electrons. The lowest BCUT2D eigenvalue weighted by molar-refractivity contribution is -0.124. The van der Waals surface area contributed by atoms with Crippen LogP contribution < -0.4 is 15.8 Å². The minimum Gasteiger partial charge on any atom is -0.493 e. The minimum absolute atomic E-state index is 0. The van der Waals surface area contributed by atoms with Crippen molar-refractivity contribution in [1.29, 1.82) is 0 Å². The Morgan fingerprint density at radius 1 is 1.48 bits per heavy atom. The Labute approximate surface area is 132 Å². The van der Waals surface area contributed by atoms with Gasteiger partial charge in [0.1, 0.15) is 5.75 Å². The molecule has 1 aliphatic rings. The van der Waals surface area contributed by atoms with Crippen molar-refractivity contribution in [3.8, 4) is 5.75 Å². The first kappa shape index (κ1) is 17.8. The number of rotatable bonds is 4. The third kappa shape index (κ3) is 4.35. The van der Waals surface area contributed by atoms with E-state index in [1.807, 2.05) is 38.1 Å². The second kappa shape index (κ2) is 8.25. The largest absolute Gasteiger partial charge is 0.493 e. The lowest BCUT2D eigenvalue weighted by Crippen LogP contribution is -2.45. The van der Waals surface area contributed by atoms with Gasteiger partial charge in [0.25, 0.3) is 0 Å². The van der Waals surface area contributed by atoms with Crippen molar-refractivity contribution < 1.29 is 9.53 Å². The SMILES string of the molecule is CCC(C)C(N)C(=O)NC1CCCOc2ccccc21.Cl. The molecule has 0 bridgehead atoms. The van der Waals surface area contributed by atoms with Crippen LogP contribution in [0.3, 0.4) is 0 Å². The molecule has 2 rings (SSSR count). The molecule has 1 aromatic rings. The van der Waals surface area contributed by atoms with Crippen LogP contribution in [0.1, 0.15) is 44.7 Å². The van der Waals surface area contributed by atoms with E-state index in [1.165, 1.54) is 0 Å². The van der Waals surface area contributed by atoms with Gasteiger partial charge in [-0.05, 0) is 24.8 Å². The molecule has 21 heavy (non-hydrogen) atoms. The Kier molecular flexibility index (Phi) is 6.99. The van der Waals surface area contributed by atoms with Gasteiger partial charge in [-0.2, -0.15) is 0 Å². The topological polar surface area (TPSA) is 64.4 Å². The average molecular weight is 313 g/mol. The third-order valence-electron chi connectivity index (χ3n) is 4.07. The van der Waals surface area contributed by atoms with Crippen LogP contribution in [0.5, 0.6) is 5.75 Å². The number of nitrogens with two attached hydrogens (primary N) is 1. The van der Waals surface area contributed by atoms with Gasteiger partial charge >= 0.3 is 0 Å². The summed E-state index contributed by atoms with van der Waals surface area (Å²) in [5, 5.41) is 3.09. The molecule has 0 spiro atoms. The van der Waals surface area contributed by atoms with Crippen molar-refractivity contribution in [3.05, 3.63) is 29.8 Å². The summed E-state index contributed by atoms with van der Waals surface area (Å²) < 4.78 is 5.71. The van der Waals surface area contributed by atoms with Crippen LogP contribution in [0.25, 0.3) is 0 Å². The van der Waals surface area contributed by atoms with Crippen LogP contribution >= 0.6 is 12.4 Å². The summed E-state index contributed by atoms with van der Waals surface area (Å²) in [7, 11) is 0. The van der Waals surface area contributed by atoms with Gasteiger partial charge in [-0.25, -0.2) is 0 Å². The highest BCUT2D eigenvalue weighted by Crippen LogP contribution is 2.31. The Hall–Kier alpha value is -1.26. The molecule has 0 saturated carbocycles. The van der Waals surface area contributed by atoms with E-state index >= 15 is 0 Å². The van der Waals surface area contributed by atoms with Crippen molar-refractivity contribution >= 4 is 18.3 Å². The highest BCUT2D eigenvalue weighted by Gasteiger charge is 2.25. The smallest absolute Gasteiger partial charge is 0.237 e. The van der Waals surface area contributed by atoms with Crippen molar-refractivity contribution in [2.75, 3.05) is 6.61 Å². The Morgan fingerprint density at radius 2 is 2.19 bits per heavy atom. The first-order chi connectivity index (χ1) is 9.63. The van der Waals surface area contributed by atoms with Crippen LogP contribution in [0, 0.1) is 5.92 Å². The first-order valence-electron chi connectivity index (χ1n) is 7.41. The monoisotopic (exact) mass is 312 g/mol. The van der Waals surface area contributed by atoms with Crippen molar-refractivity contribution in [2.45, 2.75) is 45.2 Å². The molecule has 1 heterocycles. The molecule has 4 nitrogen and oxygen atoms in total. The van der Waals surface area contributed by atoms with Gasteiger partial charge in [0.05, 0.1) is 18.7 Å². The van der Waals surface area contributed by atoms with E-state index in [0.717, 1.165) is 30.6 Å². The van der Waals surface area contributed by atoms with Crippen molar-refractivity contribution in [1.82, 2.24) is 5.32 Å². The molecule has 118 valence electrons. The standard InChI is InChI=1S/C16H24N2O2.ClH/c1-3-11(2)15(17)16(19)18-13-8-6-10-20-14-9-5-4-7-12(13)14;/h4-5,7,9,11,13,15H,3,6,8,10,17H2,1-2H3,(H,18,19);1H. The van der Waals surface area contributed by atoms with E-state index in [0.29, 0.717) is 6.61 Å². The highest BCUT2D eigenvalue weighted by atomic mass is 35.5. The van der Waals surface area contributed by atoms with Gasteiger partial charge in [0.2, 0.25) is 5.91 Å². The lowest BCUT2D eigenvalue weighted by Gasteiger charge is -2.23. The molecule has 0 aliphatic carbocycles. The quantitative estimate of drug-likeness (QED) is 0.898. The summed E-state index contributed by atoms with van der Waals surface area (Å²) in [5.74, 6) is 0.987. The van der Waals surface area contributed by atoms with Crippen LogP contribution in [-0.2, 0) is 4.79 Å². The van der Waals surface area contributed by atoms with Crippen LogP contribution in [0.2, 0.25) is 0 Å². The second-order valence-electron chi connectivity index (χ2n) is 5.50. The number of fused-ring (bicyclic) bond motifs is 1.